The third-order valence-corrected chi connectivity index (χ3v) is 2.48. The van der Waals surface area contributed by atoms with Gasteiger partial charge in [0.1, 0.15) is 0 Å². The van der Waals surface area contributed by atoms with Crippen molar-refractivity contribution in [3.63, 3.8) is 0 Å². The average Bonchev–Trinajstić information content (AvgIpc) is 1.59. The summed E-state index contributed by atoms with van der Waals surface area (Å²) in [6.07, 6.45) is -0.983. The molecule has 5 heteroatoms. The fraction of sp³-hybridized carbons (Fsp3) is 1.00. The van der Waals surface area contributed by atoms with E-state index in [4.69, 9.17) is 10.00 Å². The van der Waals surface area contributed by atoms with E-state index in [1.54, 1.807) is 6.92 Å². The Morgan fingerprint density at radius 3 is 2.50 bits per heavy atom. The van der Waals surface area contributed by atoms with Crippen LogP contribution in [0, 0.1) is 0 Å². The molecular weight excluding hydrogens is 155 g/mol. The molecule has 0 aromatic rings. The molecule has 0 aliphatic rings. The molecule has 0 aliphatic carbocycles. The van der Waals surface area contributed by atoms with Crippen LogP contribution >= 0.6 is 7.60 Å². The number of rotatable bonds is 4. The van der Waals surface area contributed by atoms with Gasteiger partial charge >= 0.3 is 7.60 Å². The van der Waals surface area contributed by atoms with Crippen LogP contribution in [0.5, 0.6) is 0 Å². The molecule has 0 amide bonds. The molecule has 0 aromatic heterocycles. The van der Waals surface area contributed by atoms with Crippen molar-refractivity contribution in [2.45, 2.75) is 20.0 Å². The van der Waals surface area contributed by atoms with Crippen molar-refractivity contribution >= 4 is 7.60 Å². The van der Waals surface area contributed by atoms with E-state index >= 15 is 0 Å². The first kappa shape index (κ1) is 10.1. The lowest BCUT2D eigenvalue weighted by atomic mass is 10.5. The SMILES string of the molecule is CCOP(=O)(O)CC(C)O. The minimum absolute atomic E-state index is 0.194. The molecule has 4 nitrogen and oxygen atoms in total. The van der Waals surface area contributed by atoms with Gasteiger partial charge in [-0.05, 0) is 13.8 Å². The smallest absolute Gasteiger partial charge is 0.330 e. The number of aliphatic hydroxyl groups is 1. The zero-order valence-corrected chi connectivity index (χ0v) is 7.04. The Labute approximate surface area is 60.4 Å². The highest BCUT2D eigenvalue weighted by molar-refractivity contribution is 7.52. The molecule has 0 aliphatic heterocycles. The topological polar surface area (TPSA) is 66.8 Å². The molecule has 0 saturated carbocycles. The second-order valence-electron chi connectivity index (χ2n) is 2.09. The van der Waals surface area contributed by atoms with Gasteiger partial charge in [-0.2, -0.15) is 0 Å². The Hall–Kier alpha value is 0.110. The van der Waals surface area contributed by atoms with Crippen LogP contribution in [0.15, 0.2) is 0 Å². The van der Waals surface area contributed by atoms with Gasteiger partial charge < -0.3 is 14.5 Å². The lowest BCUT2D eigenvalue weighted by Crippen LogP contribution is -2.08. The molecule has 0 heterocycles. The summed E-state index contributed by atoms with van der Waals surface area (Å²) < 4.78 is 15.3. The molecular formula is C5H13O4P. The minimum Gasteiger partial charge on any atom is -0.393 e. The highest BCUT2D eigenvalue weighted by Gasteiger charge is 2.20. The summed E-state index contributed by atoms with van der Waals surface area (Å²) in [5.41, 5.74) is 0. The van der Waals surface area contributed by atoms with Crippen LogP contribution in [-0.4, -0.2) is 28.9 Å². The maximum absolute atomic E-state index is 10.8. The second-order valence-corrected chi connectivity index (χ2v) is 3.99. The summed E-state index contributed by atoms with van der Waals surface area (Å²) in [4.78, 5) is 8.86. The van der Waals surface area contributed by atoms with Crippen LogP contribution in [0.3, 0.4) is 0 Å². The average molecular weight is 168 g/mol. The molecule has 0 spiro atoms. The molecule has 2 N–H and O–H groups in total. The fourth-order valence-corrected chi connectivity index (χ4v) is 1.77. The van der Waals surface area contributed by atoms with E-state index in [1.807, 2.05) is 0 Å². The molecule has 0 saturated heterocycles. The van der Waals surface area contributed by atoms with E-state index in [9.17, 15) is 4.57 Å². The number of hydrogen-bond acceptors (Lipinski definition) is 3. The van der Waals surface area contributed by atoms with Crippen LogP contribution in [0.2, 0.25) is 0 Å². The monoisotopic (exact) mass is 168 g/mol. The summed E-state index contributed by atoms with van der Waals surface area (Å²) in [6, 6.07) is 0. The first-order chi connectivity index (χ1) is 4.48. The molecule has 0 rings (SSSR count). The quantitative estimate of drug-likeness (QED) is 0.603. The second kappa shape index (κ2) is 4.09. The van der Waals surface area contributed by atoms with Gasteiger partial charge in [-0.1, -0.05) is 0 Å². The van der Waals surface area contributed by atoms with Crippen LogP contribution in [0.25, 0.3) is 0 Å². The van der Waals surface area contributed by atoms with E-state index < -0.39 is 13.7 Å². The molecule has 2 unspecified atom stereocenters. The van der Waals surface area contributed by atoms with Gasteiger partial charge in [0.05, 0.1) is 18.9 Å². The maximum atomic E-state index is 10.8. The standard InChI is InChI=1S/C5H13O4P/c1-3-9-10(7,8)4-5(2)6/h5-6H,3-4H2,1-2H3,(H,7,8). The third kappa shape index (κ3) is 4.94. The lowest BCUT2D eigenvalue weighted by Gasteiger charge is -2.11. The fourth-order valence-electron chi connectivity index (χ4n) is 0.588. The Bertz CT molecular complexity index is 134. The van der Waals surface area contributed by atoms with Crippen molar-refractivity contribution in [3.8, 4) is 0 Å². The van der Waals surface area contributed by atoms with Crippen molar-refractivity contribution in [3.05, 3.63) is 0 Å². The highest BCUT2D eigenvalue weighted by Crippen LogP contribution is 2.41. The Morgan fingerprint density at radius 1 is 1.70 bits per heavy atom. The van der Waals surface area contributed by atoms with Crippen LogP contribution in [0.1, 0.15) is 13.8 Å². The normalized spacial score (nSPS) is 20.0. The van der Waals surface area contributed by atoms with Gasteiger partial charge in [0.15, 0.2) is 0 Å². The number of aliphatic hydroxyl groups excluding tert-OH is 1. The lowest BCUT2D eigenvalue weighted by molar-refractivity contribution is 0.198. The summed E-state index contributed by atoms with van der Waals surface area (Å²) in [5.74, 6) is 0. The minimum atomic E-state index is -3.50. The Morgan fingerprint density at radius 2 is 2.20 bits per heavy atom. The predicted octanol–water partition coefficient (Wildman–Crippen LogP) is 0.589. The van der Waals surface area contributed by atoms with Gasteiger partial charge in [0.2, 0.25) is 0 Å². The molecule has 62 valence electrons. The molecule has 0 aromatic carbocycles. The van der Waals surface area contributed by atoms with Gasteiger partial charge in [-0.3, -0.25) is 4.57 Å². The van der Waals surface area contributed by atoms with Crippen LogP contribution < -0.4 is 0 Å². The maximum Gasteiger partial charge on any atom is 0.330 e. The summed E-state index contributed by atoms with van der Waals surface area (Å²) in [5, 5.41) is 8.70. The van der Waals surface area contributed by atoms with Gasteiger partial charge in [-0.25, -0.2) is 0 Å². The molecule has 0 radical (unpaired) electrons. The molecule has 2 atom stereocenters. The van der Waals surface area contributed by atoms with E-state index in [2.05, 4.69) is 4.52 Å². The van der Waals surface area contributed by atoms with Gasteiger partial charge in [0.25, 0.3) is 0 Å². The summed E-state index contributed by atoms with van der Waals surface area (Å²) in [7, 11) is -3.50. The van der Waals surface area contributed by atoms with Gasteiger partial charge in [0, 0.05) is 0 Å². The molecule has 0 bridgehead atoms. The first-order valence-corrected chi connectivity index (χ1v) is 4.88. The zero-order valence-electron chi connectivity index (χ0n) is 6.15. The zero-order chi connectivity index (χ0) is 8.20. The Balaban J connectivity index is 3.75. The van der Waals surface area contributed by atoms with E-state index in [-0.39, 0.29) is 12.8 Å². The first-order valence-electron chi connectivity index (χ1n) is 3.12. The third-order valence-electron chi connectivity index (χ3n) is 0.826. The van der Waals surface area contributed by atoms with E-state index in [1.165, 1.54) is 6.92 Å². The van der Waals surface area contributed by atoms with Crippen molar-refractivity contribution < 1.29 is 19.1 Å². The van der Waals surface area contributed by atoms with Crippen molar-refractivity contribution in [2.75, 3.05) is 12.8 Å². The largest absolute Gasteiger partial charge is 0.393 e. The predicted molar refractivity (Wildman–Crippen MR) is 38.0 cm³/mol. The number of hydrogen-bond donors (Lipinski definition) is 2. The Kier molecular flexibility index (Phi) is 4.13. The molecule has 10 heavy (non-hydrogen) atoms. The van der Waals surface area contributed by atoms with E-state index in [0.29, 0.717) is 0 Å². The van der Waals surface area contributed by atoms with Crippen molar-refractivity contribution in [1.29, 1.82) is 0 Å². The van der Waals surface area contributed by atoms with Gasteiger partial charge in [-0.15, -0.1) is 0 Å². The van der Waals surface area contributed by atoms with Crippen LogP contribution in [0.4, 0.5) is 0 Å². The molecule has 0 fully saturated rings. The van der Waals surface area contributed by atoms with Crippen molar-refractivity contribution in [2.24, 2.45) is 0 Å². The summed E-state index contributed by atoms with van der Waals surface area (Å²) >= 11 is 0. The highest BCUT2D eigenvalue weighted by atomic mass is 31.2. The van der Waals surface area contributed by atoms with Crippen molar-refractivity contribution in [1.82, 2.24) is 0 Å². The van der Waals surface area contributed by atoms with Crippen LogP contribution in [-0.2, 0) is 9.09 Å². The van der Waals surface area contributed by atoms with E-state index in [0.717, 1.165) is 0 Å². The summed E-state index contributed by atoms with van der Waals surface area (Å²) in [6.45, 7) is 3.27.